The summed E-state index contributed by atoms with van der Waals surface area (Å²) in [5.74, 6) is 0.292. The van der Waals surface area contributed by atoms with Gasteiger partial charge >= 0.3 is 5.97 Å². The van der Waals surface area contributed by atoms with Gasteiger partial charge in [0.1, 0.15) is 5.82 Å². The molecule has 3 aromatic rings. The van der Waals surface area contributed by atoms with E-state index < -0.39 is 5.97 Å². The fourth-order valence-corrected chi connectivity index (χ4v) is 4.70. The van der Waals surface area contributed by atoms with Crippen molar-refractivity contribution in [2.45, 2.75) is 38.6 Å². The lowest BCUT2D eigenvalue weighted by molar-refractivity contribution is -0.134. The number of esters is 1. The van der Waals surface area contributed by atoms with Crippen molar-refractivity contribution in [3.63, 3.8) is 0 Å². The number of ether oxygens (including phenoxy) is 1. The molecule has 1 amide bonds. The van der Waals surface area contributed by atoms with Crippen LogP contribution in [0.5, 0.6) is 0 Å². The number of methoxy groups -OCH3 is 1. The zero-order valence-electron chi connectivity index (χ0n) is 21.9. The number of carbonyl (C=O) groups excluding carboxylic acids is 2. The van der Waals surface area contributed by atoms with E-state index in [4.69, 9.17) is 4.74 Å². The van der Waals surface area contributed by atoms with Gasteiger partial charge in [-0.25, -0.2) is 9.78 Å². The zero-order valence-corrected chi connectivity index (χ0v) is 21.9. The van der Waals surface area contributed by atoms with E-state index in [0.717, 1.165) is 53.6 Å². The number of hydrogen-bond donors (Lipinski definition) is 0. The summed E-state index contributed by atoms with van der Waals surface area (Å²) in [5, 5.41) is 0. The summed E-state index contributed by atoms with van der Waals surface area (Å²) in [5.41, 5.74) is 5.27. The highest BCUT2D eigenvalue weighted by Crippen LogP contribution is 2.29. The summed E-state index contributed by atoms with van der Waals surface area (Å²) in [6, 6.07) is 20.5. The molecule has 1 saturated carbocycles. The van der Waals surface area contributed by atoms with Gasteiger partial charge in [-0.15, -0.1) is 0 Å². The lowest BCUT2D eigenvalue weighted by Crippen LogP contribution is -2.37. The minimum Gasteiger partial charge on any atom is -0.466 e. The molecule has 0 aliphatic heterocycles. The molecular weight excluding hydrogens is 462 g/mol. The quantitative estimate of drug-likeness (QED) is 0.277. The first-order valence-electron chi connectivity index (χ1n) is 12.8. The fourth-order valence-electron chi connectivity index (χ4n) is 4.70. The van der Waals surface area contributed by atoms with E-state index in [2.05, 4.69) is 58.4 Å². The number of nitrogens with zero attached hydrogens (tertiary/aromatic N) is 3. The second-order valence-corrected chi connectivity index (χ2v) is 9.70. The molecule has 1 aliphatic carbocycles. The van der Waals surface area contributed by atoms with Crippen molar-refractivity contribution < 1.29 is 14.3 Å². The second kappa shape index (κ2) is 12.3. The number of amides is 1. The van der Waals surface area contributed by atoms with Gasteiger partial charge < -0.3 is 9.64 Å². The summed E-state index contributed by atoms with van der Waals surface area (Å²) < 4.78 is 4.70. The highest BCUT2D eigenvalue weighted by Gasteiger charge is 2.28. The largest absolute Gasteiger partial charge is 0.466 e. The zero-order chi connectivity index (χ0) is 26.2. The third kappa shape index (κ3) is 6.85. The van der Waals surface area contributed by atoms with Gasteiger partial charge in [0.2, 0.25) is 5.91 Å². The monoisotopic (exact) mass is 497 g/mol. The normalized spacial score (nSPS) is 13.9. The molecule has 1 aromatic heterocycles. The van der Waals surface area contributed by atoms with E-state index in [-0.39, 0.29) is 11.8 Å². The van der Waals surface area contributed by atoms with Crippen LogP contribution >= 0.6 is 0 Å². The Hall–Kier alpha value is -3.93. The minimum atomic E-state index is -0.426. The maximum Gasteiger partial charge on any atom is 0.330 e. The molecule has 192 valence electrons. The Labute approximate surface area is 219 Å². The van der Waals surface area contributed by atoms with Crippen molar-refractivity contribution in [3.8, 4) is 11.1 Å². The number of pyridine rings is 1. The molecule has 6 heteroatoms. The highest BCUT2D eigenvalue weighted by molar-refractivity contribution is 5.94. The predicted octanol–water partition coefficient (Wildman–Crippen LogP) is 6.11. The molecule has 0 N–H and O–H groups in total. The van der Waals surface area contributed by atoms with Gasteiger partial charge in [-0.3, -0.25) is 9.69 Å². The van der Waals surface area contributed by atoms with Crippen LogP contribution in [0.15, 0.2) is 72.9 Å². The maximum atomic E-state index is 13.7. The lowest BCUT2D eigenvalue weighted by atomic mass is 9.88. The number of anilines is 2. The fraction of sp³-hybridized carbons (Fsp3) is 0.323. The molecule has 1 aliphatic rings. The van der Waals surface area contributed by atoms with E-state index in [0.29, 0.717) is 12.4 Å². The molecule has 2 aromatic carbocycles. The third-order valence-corrected chi connectivity index (χ3v) is 6.89. The first-order chi connectivity index (χ1) is 17.9. The summed E-state index contributed by atoms with van der Waals surface area (Å²) in [6.07, 6.45) is 9.91. The Balaban J connectivity index is 1.58. The van der Waals surface area contributed by atoms with E-state index in [1.165, 1.54) is 19.6 Å². The predicted molar refractivity (Wildman–Crippen MR) is 149 cm³/mol. The Morgan fingerprint density at radius 3 is 2.22 bits per heavy atom. The Bertz CT molecular complexity index is 1230. The van der Waals surface area contributed by atoms with Gasteiger partial charge in [-0.05, 0) is 65.4 Å². The van der Waals surface area contributed by atoms with Gasteiger partial charge in [-0.2, -0.15) is 0 Å². The SMILES string of the molecule is COC(=O)/C=C/c1ccnc(N(Cc2ccc(-c3ccc(N(C)C)cc3)cc2)C(=O)C2CCCCC2)c1. The molecule has 4 rings (SSSR count). The van der Waals surface area contributed by atoms with Gasteiger partial charge in [0.25, 0.3) is 0 Å². The van der Waals surface area contributed by atoms with E-state index >= 15 is 0 Å². The number of hydrogen-bond acceptors (Lipinski definition) is 5. The molecule has 0 atom stereocenters. The first-order valence-corrected chi connectivity index (χ1v) is 12.8. The van der Waals surface area contributed by atoms with Crippen molar-refractivity contribution in [2.24, 2.45) is 5.92 Å². The van der Waals surface area contributed by atoms with Crippen LogP contribution in [-0.2, 0) is 20.9 Å². The smallest absolute Gasteiger partial charge is 0.330 e. The number of aromatic nitrogens is 1. The van der Waals surface area contributed by atoms with Crippen molar-refractivity contribution in [3.05, 3.63) is 84.1 Å². The average Bonchev–Trinajstić information content (AvgIpc) is 2.95. The minimum absolute atomic E-state index is 0.0132. The Morgan fingerprint density at radius 2 is 1.59 bits per heavy atom. The van der Waals surface area contributed by atoms with Crippen molar-refractivity contribution in [1.82, 2.24) is 4.98 Å². The molecule has 0 saturated heterocycles. The van der Waals surface area contributed by atoms with E-state index in [9.17, 15) is 9.59 Å². The van der Waals surface area contributed by atoms with Crippen LogP contribution in [0.4, 0.5) is 11.5 Å². The van der Waals surface area contributed by atoms with Crippen LogP contribution in [0.25, 0.3) is 17.2 Å². The lowest BCUT2D eigenvalue weighted by Gasteiger charge is -2.29. The van der Waals surface area contributed by atoms with Crippen molar-refractivity contribution >= 4 is 29.5 Å². The second-order valence-electron chi connectivity index (χ2n) is 9.70. The van der Waals surface area contributed by atoms with Crippen LogP contribution in [0.3, 0.4) is 0 Å². The molecule has 37 heavy (non-hydrogen) atoms. The molecule has 0 radical (unpaired) electrons. The Morgan fingerprint density at radius 1 is 0.946 bits per heavy atom. The number of rotatable bonds is 8. The van der Waals surface area contributed by atoms with Gasteiger partial charge in [-0.1, -0.05) is 55.7 Å². The van der Waals surface area contributed by atoms with Gasteiger partial charge in [0.05, 0.1) is 13.7 Å². The molecule has 0 unspecified atom stereocenters. The standard InChI is InChI=1S/C31H35N3O3/c1-33(2)28-16-14-26(15-17-28)25-12-9-24(10-13-25)22-34(31(36)27-7-5-4-6-8-27)29-21-23(19-20-32-29)11-18-30(35)37-3/h9-21,27H,4-8,22H2,1-3H3/b18-11+. The van der Waals surface area contributed by atoms with Crippen LogP contribution in [0, 0.1) is 5.92 Å². The molecule has 1 fully saturated rings. The van der Waals surface area contributed by atoms with Gasteiger partial charge in [0.15, 0.2) is 0 Å². The highest BCUT2D eigenvalue weighted by atomic mass is 16.5. The van der Waals surface area contributed by atoms with Crippen LogP contribution in [0.2, 0.25) is 0 Å². The summed E-state index contributed by atoms with van der Waals surface area (Å²) in [4.78, 5) is 33.7. The summed E-state index contributed by atoms with van der Waals surface area (Å²) in [7, 11) is 5.41. The van der Waals surface area contributed by atoms with Crippen LogP contribution in [-0.4, -0.2) is 38.1 Å². The third-order valence-electron chi connectivity index (χ3n) is 6.89. The van der Waals surface area contributed by atoms with E-state index in [1.54, 1.807) is 17.2 Å². The summed E-state index contributed by atoms with van der Waals surface area (Å²) >= 11 is 0. The van der Waals surface area contributed by atoms with E-state index in [1.807, 2.05) is 26.2 Å². The molecule has 1 heterocycles. The van der Waals surface area contributed by atoms with Crippen molar-refractivity contribution in [2.75, 3.05) is 31.0 Å². The molecule has 0 spiro atoms. The van der Waals surface area contributed by atoms with Crippen LogP contribution < -0.4 is 9.80 Å². The molecular formula is C31H35N3O3. The number of carbonyl (C=O) groups is 2. The van der Waals surface area contributed by atoms with Crippen molar-refractivity contribution in [1.29, 1.82) is 0 Å². The van der Waals surface area contributed by atoms with Crippen LogP contribution in [0.1, 0.15) is 43.2 Å². The number of benzene rings is 2. The Kier molecular flexibility index (Phi) is 8.72. The first kappa shape index (κ1) is 26.1. The molecule has 0 bridgehead atoms. The topological polar surface area (TPSA) is 62.7 Å². The maximum absolute atomic E-state index is 13.7. The molecule has 6 nitrogen and oxygen atoms in total. The summed E-state index contributed by atoms with van der Waals surface area (Å²) in [6.45, 7) is 0.437. The average molecular weight is 498 g/mol. The van der Waals surface area contributed by atoms with Gasteiger partial charge in [0, 0.05) is 38.0 Å².